The van der Waals surface area contributed by atoms with Crippen LogP contribution in [0.5, 0.6) is 11.5 Å². The van der Waals surface area contributed by atoms with E-state index in [1.165, 1.54) is 4.90 Å². The zero-order valence-corrected chi connectivity index (χ0v) is 20.3. The lowest BCUT2D eigenvalue weighted by Crippen LogP contribution is -2.30. The van der Waals surface area contributed by atoms with Gasteiger partial charge in [-0.1, -0.05) is 45.9 Å². The van der Waals surface area contributed by atoms with Crippen LogP contribution in [0.15, 0.2) is 48.0 Å². The smallest absolute Gasteiger partial charge is 0.295 e. The molecule has 2 aromatic carbocycles. The molecule has 1 unspecified atom stereocenters. The molecule has 1 N–H and O–H groups in total. The number of ketones is 1. The summed E-state index contributed by atoms with van der Waals surface area (Å²) in [6.45, 7) is 10.9. The molecular weight excluding hydrogens is 418 g/mol. The second-order valence-electron chi connectivity index (χ2n) is 9.13. The van der Waals surface area contributed by atoms with Crippen molar-refractivity contribution in [2.24, 2.45) is 0 Å². The average molecular weight is 452 g/mol. The molecule has 0 spiro atoms. The van der Waals surface area contributed by atoms with Crippen LogP contribution in [-0.4, -0.2) is 42.0 Å². The van der Waals surface area contributed by atoms with Crippen molar-refractivity contribution in [2.75, 3.05) is 20.3 Å². The Morgan fingerprint density at radius 3 is 2.36 bits per heavy atom. The molecule has 1 aliphatic rings. The molecule has 1 amide bonds. The van der Waals surface area contributed by atoms with Crippen molar-refractivity contribution in [3.8, 4) is 11.5 Å². The van der Waals surface area contributed by atoms with E-state index in [1.807, 2.05) is 38.1 Å². The van der Waals surface area contributed by atoms with Gasteiger partial charge in [0.05, 0.1) is 25.3 Å². The first-order chi connectivity index (χ1) is 15.6. The Labute approximate surface area is 195 Å². The number of methoxy groups -OCH3 is 1. The summed E-state index contributed by atoms with van der Waals surface area (Å²) >= 11 is 0. The van der Waals surface area contributed by atoms with E-state index in [-0.39, 0.29) is 16.7 Å². The number of aliphatic hydroxyl groups is 1. The normalized spacial score (nSPS) is 18.0. The van der Waals surface area contributed by atoms with Gasteiger partial charge in [0, 0.05) is 23.2 Å². The maximum atomic E-state index is 13.2. The summed E-state index contributed by atoms with van der Waals surface area (Å²) < 4.78 is 11.3. The fourth-order valence-electron chi connectivity index (χ4n) is 4.27. The number of carbonyl (C=O) groups excluding carboxylic acids is 2. The largest absolute Gasteiger partial charge is 0.507 e. The van der Waals surface area contributed by atoms with Gasteiger partial charge in [-0.15, -0.1) is 0 Å². The Hall–Kier alpha value is -3.28. The number of para-hydroxylation sites is 1. The maximum Gasteiger partial charge on any atom is 0.295 e. The first kappa shape index (κ1) is 24.4. The highest BCUT2D eigenvalue weighted by Gasteiger charge is 2.46. The minimum absolute atomic E-state index is 0.0713. The number of rotatable bonds is 7. The van der Waals surface area contributed by atoms with Crippen molar-refractivity contribution in [1.29, 1.82) is 0 Å². The van der Waals surface area contributed by atoms with Crippen LogP contribution in [0.4, 0.5) is 0 Å². The Balaban J connectivity index is 2.25. The molecule has 2 aromatic rings. The van der Waals surface area contributed by atoms with E-state index in [0.29, 0.717) is 36.4 Å². The van der Waals surface area contributed by atoms with Crippen molar-refractivity contribution >= 4 is 17.4 Å². The Morgan fingerprint density at radius 1 is 1.06 bits per heavy atom. The van der Waals surface area contributed by atoms with Gasteiger partial charge in [-0.2, -0.15) is 0 Å². The number of likely N-dealkylation sites (tertiary alicyclic amines) is 1. The molecule has 33 heavy (non-hydrogen) atoms. The number of aliphatic hydroxyl groups excluding tert-OH is 1. The predicted molar refractivity (Wildman–Crippen MR) is 129 cm³/mol. The van der Waals surface area contributed by atoms with Gasteiger partial charge in [0.25, 0.3) is 11.7 Å². The minimum atomic E-state index is -0.731. The lowest BCUT2D eigenvalue weighted by Gasteiger charge is -2.26. The van der Waals surface area contributed by atoms with E-state index in [0.717, 1.165) is 11.3 Å². The van der Waals surface area contributed by atoms with Gasteiger partial charge in [-0.25, -0.2) is 0 Å². The van der Waals surface area contributed by atoms with Gasteiger partial charge in [-0.3, -0.25) is 9.59 Å². The van der Waals surface area contributed by atoms with Crippen molar-refractivity contribution in [3.63, 3.8) is 0 Å². The molecule has 1 aliphatic heterocycles. The summed E-state index contributed by atoms with van der Waals surface area (Å²) in [4.78, 5) is 27.6. The SMILES string of the molecule is CCCN1C(=O)C(=O)/C(=C(/O)c2ccc(OCC)c(C(C)(C)C)c2)C1c1ccccc1OC. The number of ether oxygens (including phenoxy) is 2. The molecule has 0 bridgehead atoms. The molecule has 1 heterocycles. The van der Waals surface area contributed by atoms with Crippen LogP contribution in [0.2, 0.25) is 0 Å². The highest BCUT2D eigenvalue weighted by Crippen LogP contribution is 2.43. The van der Waals surface area contributed by atoms with Crippen LogP contribution in [-0.2, 0) is 15.0 Å². The highest BCUT2D eigenvalue weighted by molar-refractivity contribution is 6.46. The van der Waals surface area contributed by atoms with Gasteiger partial charge in [-0.05, 0) is 43.0 Å². The highest BCUT2D eigenvalue weighted by atomic mass is 16.5. The molecule has 0 aliphatic carbocycles. The topological polar surface area (TPSA) is 76.1 Å². The van der Waals surface area contributed by atoms with Crippen molar-refractivity contribution in [2.45, 2.75) is 52.5 Å². The third-order valence-electron chi connectivity index (χ3n) is 5.80. The molecule has 6 heteroatoms. The fraction of sp³-hybridized carbons (Fsp3) is 0.407. The summed E-state index contributed by atoms with van der Waals surface area (Å²) in [6.07, 6.45) is 0.677. The van der Waals surface area contributed by atoms with E-state index < -0.39 is 17.7 Å². The molecule has 176 valence electrons. The number of benzene rings is 2. The Morgan fingerprint density at radius 2 is 1.76 bits per heavy atom. The first-order valence-electron chi connectivity index (χ1n) is 11.3. The second-order valence-corrected chi connectivity index (χ2v) is 9.13. The van der Waals surface area contributed by atoms with E-state index in [9.17, 15) is 14.7 Å². The van der Waals surface area contributed by atoms with E-state index >= 15 is 0 Å². The quantitative estimate of drug-likeness (QED) is 0.355. The lowest BCUT2D eigenvalue weighted by molar-refractivity contribution is -0.139. The summed E-state index contributed by atoms with van der Waals surface area (Å²) in [5.74, 6) is -0.219. The van der Waals surface area contributed by atoms with Crippen LogP contribution in [0.1, 0.15) is 63.8 Å². The van der Waals surface area contributed by atoms with Gasteiger partial charge in [0.2, 0.25) is 0 Å². The zero-order valence-electron chi connectivity index (χ0n) is 20.3. The molecule has 6 nitrogen and oxygen atoms in total. The molecule has 1 atom stereocenters. The molecule has 0 aromatic heterocycles. The summed E-state index contributed by atoms with van der Waals surface area (Å²) in [6, 6.07) is 11.9. The predicted octanol–water partition coefficient (Wildman–Crippen LogP) is 5.22. The fourth-order valence-corrected chi connectivity index (χ4v) is 4.27. The monoisotopic (exact) mass is 451 g/mol. The van der Waals surface area contributed by atoms with E-state index in [2.05, 4.69) is 20.8 Å². The van der Waals surface area contributed by atoms with Crippen molar-refractivity contribution in [3.05, 3.63) is 64.7 Å². The third kappa shape index (κ3) is 4.61. The Kier molecular flexibility index (Phi) is 7.15. The summed E-state index contributed by atoms with van der Waals surface area (Å²) in [5.41, 5.74) is 1.86. The lowest BCUT2D eigenvalue weighted by atomic mass is 9.84. The van der Waals surface area contributed by atoms with Crippen LogP contribution in [0, 0.1) is 0 Å². The van der Waals surface area contributed by atoms with E-state index in [4.69, 9.17) is 9.47 Å². The maximum absolute atomic E-state index is 13.2. The van der Waals surface area contributed by atoms with Crippen LogP contribution < -0.4 is 9.47 Å². The standard InChI is InChI=1S/C27H33NO5/c1-7-15-28-23(18-11-9-10-12-20(18)32-6)22(25(30)26(28)31)24(29)17-13-14-21(33-8-2)19(16-17)27(3,4)5/h9-14,16,23,29H,7-8,15H2,1-6H3/b24-22+. The number of nitrogens with zero attached hydrogens (tertiary/aromatic N) is 1. The van der Waals surface area contributed by atoms with E-state index in [1.54, 1.807) is 25.3 Å². The van der Waals surface area contributed by atoms with Gasteiger partial charge in [0.15, 0.2) is 0 Å². The number of hydrogen-bond acceptors (Lipinski definition) is 5. The Bertz CT molecular complexity index is 1080. The summed E-state index contributed by atoms with van der Waals surface area (Å²) in [5, 5.41) is 11.4. The molecule has 0 radical (unpaired) electrons. The van der Waals surface area contributed by atoms with Gasteiger partial charge < -0.3 is 19.5 Å². The molecular formula is C27H33NO5. The number of Topliss-reactive ketones (excluding diaryl/α,β-unsaturated/α-hetero) is 1. The molecule has 3 rings (SSSR count). The average Bonchev–Trinajstić information content (AvgIpc) is 3.03. The van der Waals surface area contributed by atoms with Crippen molar-refractivity contribution < 1.29 is 24.2 Å². The molecule has 1 saturated heterocycles. The third-order valence-corrected chi connectivity index (χ3v) is 5.80. The van der Waals surface area contributed by atoms with Crippen molar-refractivity contribution in [1.82, 2.24) is 4.90 Å². The first-order valence-corrected chi connectivity index (χ1v) is 11.3. The van der Waals surface area contributed by atoms with Gasteiger partial charge >= 0.3 is 0 Å². The zero-order chi connectivity index (χ0) is 24.3. The van der Waals surface area contributed by atoms with Crippen LogP contribution in [0.25, 0.3) is 5.76 Å². The number of amides is 1. The number of hydrogen-bond donors (Lipinski definition) is 1. The van der Waals surface area contributed by atoms with Crippen LogP contribution in [0.3, 0.4) is 0 Å². The van der Waals surface area contributed by atoms with Crippen LogP contribution >= 0.6 is 0 Å². The summed E-state index contributed by atoms with van der Waals surface area (Å²) in [7, 11) is 1.55. The molecule has 1 fully saturated rings. The minimum Gasteiger partial charge on any atom is -0.507 e. The number of carbonyl (C=O) groups is 2. The second kappa shape index (κ2) is 9.69. The molecule has 0 saturated carbocycles. The van der Waals surface area contributed by atoms with Gasteiger partial charge in [0.1, 0.15) is 17.3 Å².